The number of benzene rings is 1. The van der Waals surface area contributed by atoms with Gasteiger partial charge in [0.2, 0.25) is 0 Å². The average Bonchev–Trinajstić information content (AvgIpc) is 2.93. The Morgan fingerprint density at radius 3 is 2.50 bits per heavy atom. The first-order chi connectivity index (χ1) is 9.16. The molecule has 0 unspecified atom stereocenters. The Balaban J connectivity index is 0.00000200. The minimum absolute atomic E-state index is 0. The molecule has 0 saturated heterocycles. The van der Waals surface area contributed by atoms with Crippen molar-refractivity contribution in [2.75, 3.05) is 19.0 Å². The normalized spacial score (nSPS) is 10.1. The quantitative estimate of drug-likeness (QED) is 0.673. The van der Waals surface area contributed by atoms with Gasteiger partial charge < -0.3 is 14.8 Å². The van der Waals surface area contributed by atoms with Crippen LogP contribution in [0.3, 0.4) is 0 Å². The highest BCUT2D eigenvalue weighted by atomic mass is 16.3. The lowest BCUT2D eigenvalue weighted by molar-refractivity contribution is 0.0927. The number of hydrogen-bond donors (Lipinski definition) is 1. The van der Waals surface area contributed by atoms with Gasteiger partial charge in [-0.3, -0.25) is 4.79 Å². The zero-order chi connectivity index (χ0) is 13.7. The number of nitrogens with one attached hydrogen (secondary N) is 1. The second kappa shape index (κ2) is 7.10. The molecule has 6 heteroatoms. The Bertz CT molecular complexity index is 560. The molecule has 6 nitrogen and oxygen atoms in total. The van der Waals surface area contributed by atoms with E-state index in [0.717, 1.165) is 11.3 Å². The van der Waals surface area contributed by atoms with E-state index in [4.69, 9.17) is 4.42 Å². The molecule has 0 aliphatic carbocycles. The summed E-state index contributed by atoms with van der Waals surface area (Å²) in [6, 6.07) is 11.1. The average molecular weight is 275 g/mol. The summed E-state index contributed by atoms with van der Waals surface area (Å²) in [5.41, 5.74) is 4.41. The number of amides is 1. The Morgan fingerprint density at radius 2 is 1.95 bits per heavy atom. The summed E-state index contributed by atoms with van der Waals surface area (Å²) in [7, 11) is 3.96. The standard InChI is InChI=1S/C14H15N3O2.H2O/c1-17(2)12-7-5-11(6-8-12)10-15-16-14(18)13-4-3-9-19-13;/h3-10H,1-2H3,(H,16,18);1H2/b15-10+;. The second-order valence-electron chi connectivity index (χ2n) is 4.16. The monoisotopic (exact) mass is 275 g/mol. The summed E-state index contributed by atoms with van der Waals surface area (Å²) >= 11 is 0. The molecule has 0 saturated carbocycles. The minimum atomic E-state index is -0.369. The molecule has 3 N–H and O–H groups in total. The van der Waals surface area contributed by atoms with Crippen molar-refractivity contribution in [3.05, 3.63) is 54.0 Å². The van der Waals surface area contributed by atoms with Crippen LogP contribution in [0.25, 0.3) is 0 Å². The van der Waals surface area contributed by atoms with Crippen molar-refractivity contribution in [1.82, 2.24) is 5.43 Å². The number of hydrazone groups is 1. The maximum atomic E-state index is 11.5. The number of rotatable bonds is 4. The van der Waals surface area contributed by atoms with Crippen molar-refractivity contribution in [2.45, 2.75) is 0 Å². The highest BCUT2D eigenvalue weighted by Gasteiger charge is 2.05. The Kier molecular flexibility index (Phi) is 5.49. The number of anilines is 1. The van der Waals surface area contributed by atoms with Crippen LogP contribution in [0, 0.1) is 0 Å². The van der Waals surface area contributed by atoms with Crippen molar-refractivity contribution in [3.63, 3.8) is 0 Å². The summed E-state index contributed by atoms with van der Waals surface area (Å²) in [6.45, 7) is 0. The topological polar surface area (TPSA) is 89.3 Å². The Labute approximate surface area is 117 Å². The second-order valence-corrected chi connectivity index (χ2v) is 4.16. The molecule has 106 valence electrons. The van der Waals surface area contributed by atoms with Crippen LogP contribution < -0.4 is 10.3 Å². The zero-order valence-corrected chi connectivity index (χ0v) is 11.3. The fourth-order valence-electron chi connectivity index (χ4n) is 1.49. The van der Waals surface area contributed by atoms with Crippen LogP contribution in [0.4, 0.5) is 5.69 Å². The highest BCUT2D eigenvalue weighted by Crippen LogP contribution is 2.10. The minimum Gasteiger partial charge on any atom is -0.459 e. The molecule has 0 spiro atoms. The van der Waals surface area contributed by atoms with Crippen LogP contribution in [-0.2, 0) is 0 Å². The molecule has 20 heavy (non-hydrogen) atoms. The van der Waals surface area contributed by atoms with E-state index in [1.165, 1.54) is 6.26 Å². The van der Waals surface area contributed by atoms with Gasteiger partial charge in [0.25, 0.3) is 0 Å². The smallest absolute Gasteiger partial charge is 0.307 e. The van der Waals surface area contributed by atoms with Crippen LogP contribution in [0.15, 0.2) is 52.2 Å². The molecule has 0 aliphatic heterocycles. The largest absolute Gasteiger partial charge is 0.459 e. The maximum Gasteiger partial charge on any atom is 0.307 e. The van der Waals surface area contributed by atoms with E-state index in [1.54, 1.807) is 18.3 Å². The van der Waals surface area contributed by atoms with Gasteiger partial charge in [-0.15, -0.1) is 0 Å². The van der Waals surface area contributed by atoms with E-state index in [2.05, 4.69) is 10.5 Å². The lowest BCUT2D eigenvalue weighted by Crippen LogP contribution is -2.16. The van der Waals surface area contributed by atoms with Crippen molar-refractivity contribution < 1.29 is 14.7 Å². The summed E-state index contributed by atoms with van der Waals surface area (Å²) < 4.78 is 4.95. The molecule has 0 aliphatic rings. The number of carbonyl (C=O) groups is 1. The van der Waals surface area contributed by atoms with Crippen LogP contribution in [0.5, 0.6) is 0 Å². The Hall–Kier alpha value is -2.60. The molecular formula is C14H17N3O3. The van der Waals surface area contributed by atoms with Gasteiger partial charge in [-0.25, -0.2) is 5.43 Å². The van der Waals surface area contributed by atoms with E-state index < -0.39 is 0 Å². The van der Waals surface area contributed by atoms with Crippen LogP contribution in [0.1, 0.15) is 16.1 Å². The van der Waals surface area contributed by atoms with Gasteiger partial charge in [-0.05, 0) is 29.8 Å². The van der Waals surface area contributed by atoms with Crippen LogP contribution in [-0.4, -0.2) is 31.7 Å². The van der Waals surface area contributed by atoms with E-state index >= 15 is 0 Å². The third-order valence-corrected chi connectivity index (χ3v) is 2.53. The van der Waals surface area contributed by atoms with Gasteiger partial charge in [-0.2, -0.15) is 5.10 Å². The molecular weight excluding hydrogens is 258 g/mol. The molecule has 0 atom stereocenters. The third-order valence-electron chi connectivity index (χ3n) is 2.53. The molecule has 1 heterocycles. The van der Waals surface area contributed by atoms with Crippen LogP contribution >= 0.6 is 0 Å². The van der Waals surface area contributed by atoms with Crippen molar-refractivity contribution in [1.29, 1.82) is 0 Å². The van der Waals surface area contributed by atoms with Crippen LogP contribution in [0.2, 0.25) is 0 Å². The summed E-state index contributed by atoms with van der Waals surface area (Å²) in [6.07, 6.45) is 3.03. The Morgan fingerprint density at radius 1 is 1.25 bits per heavy atom. The van der Waals surface area contributed by atoms with Gasteiger partial charge >= 0.3 is 5.91 Å². The first-order valence-electron chi connectivity index (χ1n) is 5.81. The molecule has 2 rings (SSSR count). The first-order valence-corrected chi connectivity index (χ1v) is 5.81. The zero-order valence-electron chi connectivity index (χ0n) is 11.3. The molecule has 0 bridgehead atoms. The number of carbonyl (C=O) groups excluding carboxylic acids is 1. The lowest BCUT2D eigenvalue weighted by atomic mass is 10.2. The van der Waals surface area contributed by atoms with E-state index in [0.29, 0.717) is 0 Å². The van der Waals surface area contributed by atoms with Gasteiger partial charge in [0.05, 0.1) is 12.5 Å². The molecule has 0 radical (unpaired) electrons. The highest BCUT2D eigenvalue weighted by molar-refractivity contribution is 5.92. The molecule has 1 aromatic carbocycles. The summed E-state index contributed by atoms with van der Waals surface area (Å²) in [4.78, 5) is 13.5. The first kappa shape index (κ1) is 15.5. The maximum absolute atomic E-state index is 11.5. The molecule has 0 fully saturated rings. The van der Waals surface area contributed by atoms with E-state index in [1.807, 2.05) is 43.3 Å². The predicted molar refractivity (Wildman–Crippen MR) is 78.2 cm³/mol. The molecule has 2 aromatic rings. The van der Waals surface area contributed by atoms with Gasteiger partial charge in [-0.1, -0.05) is 12.1 Å². The summed E-state index contributed by atoms with van der Waals surface area (Å²) in [5, 5.41) is 3.87. The van der Waals surface area contributed by atoms with E-state index in [9.17, 15) is 4.79 Å². The molecule has 1 aromatic heterocycles. The fraction of sp³-hybridized carbons (Fsp3) is 0.143. The fourth-order valence-corrected chi connectivity index (χ4v) is 1.49. The lowest BCUT2D eigenvalue weighted by Gasteiger charge is -2.11. The number of nitrogens with zero attached hydrogens (tertiary/aromatic N) is 2. The number of hydrogen-bond acceptors (Lipinski definition) is 4. The van der Waals surface area contributed by atoms with Crippen molar-refractivity contribution >= 4 is 17.8 Å². The van der Waals surface area contributed by atoms with Gasteiger partial charge in [0.1, 0.15) is 0 Å². The van der Waals surface area contributed by atoms with Gasteiger partial charge in [0, 0.05) is 19.8 Å². The third kappa shape index (κ3) is 3.96. The van der Waals surface area contributed by atoms with Crippen molar-refractivity contribution in [2.24, 2.45) is 5.10 Å². The molecule has 1 amide bonds. The van der Waals surface area contributed by atoms with Gasteiger partial charge in [0.15, 0.2) is 5.76 Å². The van der Waals surface area contributed by atoms with Crippen molar-refractivity contribution in [3.8, 4) is 0 Å². The SMILES string of the molecule is CN(C)c1ccc(/C=N/NC(=O)c2ccco2)cc1.O. The summed E-state index contributed by atoms with van der Waals surface area (Å²) in [5.74, 6) is -0.133. The van der Waals surface area contributed by atoms with E-state index in [-0.39, 0.29) is 17.1 Å². The predicted octanol–water partition coefficient (Wildman–Crippen LogP) is 1.28. The number of furan rings is 1.